The Bertz CT molecular complexity index is 1110. The molecule has 2 aliphatic rings. The van der Waals surface area contributed by atoms with Gasteiger partial charge in [0.15, 0.2) is 0 Å². The van der Waals surface area contributed by atoms with Crippen LogP contribution >= 0.6 is 0 Å². The first kappa shape index (κ1) is 28.1. The van der Waals surface area contributed by atoms with Crippen LogP contribution in [0.5, 0.6) is 0 Å². The van der Waals surface area contributed by atoms with Crippen LogP contribution in [-0.2, 0) is 32.1 Å². The third kappa shape index (κ3) is 7.58. The molecule has 2 heterocycles. The molecule has 7 nitrogen and oxygen atoms in total. The smallest absolute Gasteiger partial charge is 0.306 e. The number of esters is 1. The van der Waals surface area contributed by atoms with Gasteiger partial charge in [0.05, 0.1) is 13.0 Å². The lowest BCUT2D eigenvalue weighted by Crippen LogP contribution is -2.50. The number of aromatic nitrogens is 1. The third-order valence-corrected chi connectivity index (χ3v) is 8.04. The maximum Gasteiger partial charge on any atom is 0.306 e. The van der Waals surface area contributed by atoms with Gasteiger partial charge >= 0.3 is 5.97 Å². The molecular weight excluding hydrogens is 485 g/mol. The van der Waals surface area contributed by atoms with Gasteiger partial charge in [0.25, 0.3) is 0 Å². The van der Waals surface area contributed by atoms with E-state index in [1.807, 2.05) is 6.20 Å². The van der Waals surface area contributed by atoms with Crippen molar-refractivity contribution in [3.8, 4) is 0 Å². The largest absolute Gasteiger partial charge is 0.466 e. The number of nitrogens with zero attached hydrogens (tertiary/aromatic N) is 1. The van der Waals surface area contributed by atoms with Gasteiger partial charge in [0.2, 0.25) is 11.8 Å². The van der Waals surface area contributed by atoms with Crippen molar-refractivity contribution in [1.82, 2.24) is 15.2 Å². The number of benzene rings is 1. The highest BCUT2D eigenvalue weighted by molar-refractivity contribution is 5.91. The zero-order valence-corrected chi connectivity index (χ0v) is 22.6. The standard InChI is InChI=1S/C30H42FN3O4/c1-2-38-28(35)18-22(16-21-10-6-5-7-11-21)29(36)33-26-17-23-20-34(27-13-12-24(31)19-25(23)27)15-9-4-3-8-14-32-30(26)37/h12-13,19-22,26H,2-11,14-18H2,1H3,(H,32,37)(H,33,36)/t22-,26+/m1/s1. The van der Waals surface area contributed by atoms with Gasteiger partial charge in [-0.2, -0.15) is 0 Å². The fourth-order valence-electron chi connectivity index (χ4n) is 6.03. The van der Waals surface area contributed by atoms with E-state index < -0.39 is 12.0 Å². The van der Waals surface area contributed by atoms with Gasteiger partial charge in [-0.3, -0.25) is 14.4 Å². The SMILES string of the molecule is CCOC(=O)C[C@@H](CC1CCCCC1)C(=O)N[C@H]1Cc2cn(c3ccc(F)cc23)CCCCCCNC1=O. The van der Waals surface area contributed by atoms with E-state index in [0.717, 1.165) is 74.4 Å². The number of carbonyl (C=O) groups excluding carboxylic acids is 3. The molecule has 0 saturated heterocycles. The number of amides is 2. The first-order valence-corrected chi connectivity index (χ1v) is 14.5. The Morgan fingerprint density at radius 2 is 1.89 bits per heavy atom. The monoisotopic (exact) mass is 527 g/mol. The van der Waals surface area contributed by atoms with Crippen molar-refractivity contribution in [2.45, 2.75) is 96.6 Å². The maximum absolute atomic E-state index is 14.2. The Hall–Kier alpha value is -2.90. The Balaban J connectivity index is 1.58. The summed E-state index contributed by atoms with van der Waals surface area (Å²) in [7, 11) is 0. The molecule has 1 aliphatic heterocycles. The van der Waals surface area contributed by atoms with Gasteiger partial charge in [0.1, 0.15) is 11.9 Å². The highest BCUT2D eigenvalue weighted by atomic mass is 19.1. The number of fused-ring (bicyclic) bond motifs is 5. The Kier molecular flexibility index (Phi) is 10.2. The maximum atomic E-state index is 14.2. The van der Waals surface area contributed by atoms with Crippen LogP contribution in [0.1, 0.15) is 83.1 Å². The van der Waals surface area contributed by atoms with Crippen LogP contribution in [0.3, 0.4) is 0 Å². The zero-order valence-electron chi connectivity index (χ0n) is 22.6. The van der Waals surface area contributed by atoms with Crippen molar-refractivity contribution in [3.05, 3.63) is 35.8 Å². The van der Waals surface area contributed by atoms with E-state index in [-0.39, 0.29) is 43.0 Å². The number of hydrogen-bond donors (Lipinski definition) is 2. The van der Waals surface area contributed by atoms with E-state index in [1.54, 1.807) is 13.0 Å². The molecule has 2 aromatic rings. The van der Waals surface area contributed by atoms with Gasteiger partial charge < -0.3 is 19.9 Å². The topological polar surface area (TPSA) is 89.4 Å². The summed E-state index contributed by atoms with van der Waals surface area (Å²) in [4.78, 5) is 39.3. The number of nitrogens with one attached hydrogen (secondary N) is 2. The van der Waals surface area contributed by atoms with Gasteiger partial charge in [-0.05, 0) is 55.9 Å². The summed E-state index contributed by atoms with van der Waals surface area (Å²) >= 11 is 0. The number of halogens is 1. The number of carbonyl (C=O) groups is 3. The molecule has 1 saturated carbocycles. The molecule has 2 N–H and O–H groups in total. The van der Waals surface area contributed by atoms with Gasteiger partial charge in [0, 0.05) is 42.5 Å². The van der Waals surface area contributed by atoms with Gasteiger partial charge in [-0.15, -0.1) is 0 Å². The van der Waals surface area contributed by atoms with Gasteiger partial charge in [-0.1, -0.05) is 44.9 Å². The lowest BCUT2D eigenvalue weighted by molar-refractivity contribution is -0.147. The van der Waals surface area contributed by atoms with Crippen LogP contribution in [-0.4, -0.2) is 41.5 Å². The molecule has 1 fully saturated rings. The summed E-state index contributed by atoms with van der Waals surface area (Å²) in [5.74, 6) is -1.41. The summed E-state index contributed by atoms with van der Waals surface area (Å²) in [5.41, 5.74) is 1.76. The second-order valence-corrected chi connectivity index (χ2v) is 10.9. The highest BCUT2D eigenvalue weighted by Crippen LogP contribution is 2.31. The molecule has 0 unspecified atom stereocenters. The van der Waals surface area contributed by atoms with Crippen LogP contribution in [0.4, 0.5) is 4.39 Å². The molecule has 4 rings (SSSR count). The zero-order chi connectivity index (χ0) is 26.9. The summed E-state index contributed by atoms with van der Waals surface area (Å²) in [5, 5.41) is 6.74. The van der Waals surface area contributed by atoms with Crippen molar-refractivity contribution in [3.63, 3.8) is 0 Å². The predicted molar refractivity (Wildman–Crippen MR) is 145 cm³/mol. The molecule has 0 spiro atoms. The van der Waals surface area contributed by atoms with E-state index >= 15 is 0 Å². The second kappa shape index (κ2) is 13.8. The number of ether oxygens (including phenoxy) is 1. The summed E-state index contributed by atoms with van der Waals surface area (Å²) in [6.45, 7) is 3.39. The van der Waals surface area contributed by atoms with Crippen molar-refractivity contribution in [2.75, 3.05) is 13.2 Å². The Morgan fingerprint density at radius 1 is 1.13 bits per heavy atom. The van der Waals surface area contributed by atoms with E-state index in [4.69, 9.17) is 4.74 Å². The minimum Gasteiger partial charge on any atom is -0.466 e. The van der Waals surface area contributed by atoms with E-state index in [1.165, 1.54) is 18.6 Å². The molecular formula is C30H42FN3O4. The highest BCUT2D eigenvalue weighted by Gasteiger charge is 2.31. The molecule has 1 aromatic heterocycles. The summed E-state index contributed by atoms with van der Waals surface area (Å²) < 4.78 is 21.5. The minimum atomic E-state index is -0.818. The first-order chi connectivity index (χ1) is 18.4. The fourth-order valence-corrected chi connectivity index (χ4v) is 6.03. The Labute approximate surface area is 224 Å². The molecule has 1 aromatic carbocycles. The molecule has 2 amide bonds. The van der Waals surface area contributed by atoms with Crippen LogP contribution in [0.25, 0.3) is 10.9 Å². The summed E-state index contributed by atoms with van der Waals surface area (Å²) in [6.07, 6.45) is 12.4. The number of aryl methyl sites for hydroxylation is 1. The predicted octanol–water partition coefficient (Wildman–Crippen LogP) is 5.04. The molecule has 38 heavy (non-hydrogen) atoms. The fraction of sp³-hybridized carbons (Fsp3) is 0.633. The van der Waals surface area contributed by atoms with E-state index in [2.05, 4.69) is 15.2 Å². The molecule has 2 bridgehead atoms. The molecule has 208 valence electrons. The molecule has 1 aliphatic carbocycles. The van der Waals surface area contributed by atoms with Crippen molar-refractivity contribution < 1.29 is 23.5 Å². The van der Waals surface area contributed by atoms with Crippen molar-refractivity contribution in [2.24, 2.45) is 11.8 Å². The van der Waals surface area contributed by atoms with Crippen LogP contribution < -0.4 is 10.6 Å². The third-order valence-electron chi connectivity index (χ3n) is 8.04. The van der Waals surface area contributed by atoms with Crippen LogP contribution in [0.2, 0.25) is 0 Å². The van der Waals surface area contributed by atoms with Crippen molar-refractivity contribution in [1.29, 1.82) is 0 Å². The number of hydrogen-bond acceptors (Lipinski definition) is 4. The quantitative estimate of drug-likeness (QED) is 0.494. The lowest BCUT2D eigenvalue weighted by Gasteiger charge is -2.27. The van der Waals surface area contributed by atoms with E-state index in [0.29, 0.717) is 18.9 Å². The molecule has 2 atom stereocenters. The molecule has 8 heteroatoms. The minimum absolute atomic E-state index is 0.00896. The second-order valence-electron chi connectivity index (χ2n) is 10.9. The average Bonchev–Trinajstić information content (AvgIpc) is 3.24. The van der Waals surface area contributed by atoms with Crippen LogP contribution in [0.15, 0.2) is 24.4 Å². The van der Waals surface area contributed by atoms with Gasteiger partial charge in [-0.25, -0.2) is 4.39 Å². The summed E-state index contributed by atoms with van der Waals surface area (Å²) in [6, 6.07) is 3.94. The normalized spacial score (nSPS) is 20.5. The average molecular weight is 528 g/mol. The Morgan fingerprint density at radius 3 is 2.68 bits per heavy atom. The van der Waals surface area contributed by atoms with Crippen LogP contribution in [0, 0.1) is 17.7 Å². The van der Waals surface area contributed by atoms with E-state index in [9.17, 15) is 18.8 Å². The first-order valence-electron chi connectivity index (χ1n) is 14.5. The number of rotatable bonds is 7. The van der Waals surface area contributed by atoms with Crippen molar-refractivity contribution >= 4 is 28.7 Å². The lowest BCUT2D eigenvalue weighted by atomic mass is 9.81. The molecule has 0 radical (unpaired) electrons.